The van der Waals surface area contributed by atoms with Crippen LogP contribution in [0.3, 0.4) is 0 Å². The fourth-order valence-electron chi connectivity index (χ4n) is 6.26. The minimum atomic E-state index is 0.838. The lowest BCUT2D eigenvalue weighted by Crippen LogP contribution is -2.22. The summed E-state index contributed by atoms with van der Waals surface area (Å²) in [6.07, 6.45) is 4.58. The monoisotopic (exact) mass is 624 g/mol. The Bertz CT molecular complexity index is 1810. The fourth-order valence-corrected chi connectivity index (χ4v) is 6.26. The van der Waals surface area contributed by atoms with Gasteiger partial charge < -0.3 is 9.80 Å². The molecule has 0 bridgehead atoms. The summed E-state index contributed by atoms with van der Waals surface area (Å²) in [4.78, 5) is 4.85. The minimum absolute atomic E-state index is 0.838. The van der Waals surface area contributed by atoms with E-state index in [0.717, 1.165) is 26.2 Å². The standard InChI is InChI=1S/C46H44N2/c1-3-47(4-2)43-29-25-41(26-30-43)46(34-33-45(39-21-13-7-14-22-39)40-23-15-8-16-24-40)42-27-31-44(32-28-42)48(35-37-17-9-5-10-18-37)36-38-19-11-6-12-20-38/h5-34H,3-4,35-36H2,1-2H3. The van der Waals surface area contributed by atoms with Crippen molar-refractivity contribution in [1.82, 2.24) is 0 Å². The second-order valence-electron chi connectivity index (χ2n) is 12.0. The summed E-state index contributed by atoms with van der Waals surface area (Å²) >= 11 is 0. The highest BCUT2D eigenvalue weighted by atomic mass is 15.1. The molecule has 0 amide bonds. The molecule has 0 aliphatic carbocycles. The van der Waals surface area contributed by atoms with Crippen LogP contribution in [0.15, 0.2) is 182 Å². The summed E-state index contributed by atoms with van der Waals surface area (Å²) in [5.41, 5.74) is 12.2. The van der Waals surface area contributed by atoms with E-state index in [-0.39, 0.29) is 0 Å². The summed E-state index contributed by atoms with van der Waals surface area (Å²) in [5.74, 6) is 0. The average Bonchev–Trinajstić information content (AvgIpc) is 3.16. The van der Waals surface area contributed by atoms with Crippen molar-refractivity contribution in [2.24, 2.45) is 0 Å². The molecule has 0 unspecified atom stereocenters. The molecule has 238 valence electrons. The van der Waals surface area contributed by atoms with Crippen molar-refractivity contribution in [2.75, 3.05) is 22.9 Å². The van der Waals surface area contributed by atoms with Crippen LogP contribution < -0.4 is 9.80 Å². The molecule has 0 fully saturated rings. The normalized spacial score (nSPS) is 11.2. The van der Waals surface area contributed by atoms with Gasteiger partial charge in [0.15, 0.2) is 0 Å². The SMILES string of the molecule is CCN(CC)c1ccc(C(=CC=C(c2ccccc2)c2ccccc2)c2ccc(N(Cc3ccccc3)Cc3ccccc3)cc2)cc1. The first-order valence-electron chi connectivity index (χ1n) is 17.0. The van der Waals surface area contributed by atoms with Gasteiger partial charge in [0.05, 0.1) is 0 Å². The highest BCUT2D eigenvalue weighted by molar-refractivity contribution is 5.86. The maximum atomic E-state index is 2.46. The number of rotatable bonds is 13. The Labute approximate surface area is 287 Å². The van der Waals surface area contributed by atoms with Gasteiger partial charge in [-0.15, -0.1) is 0 Å². The van der Waals surface area contributed by atoms with E-state index in [1.165, 1.54) is 55.9 Å². The van der Waals surface area contributed by atoms with Crippen molar-refractivity contribution < 1.29 is 0 Å². The second kappa shape index (κ2) is 16.3. The van der Waals surface area contributed by atoms with Crippen LogP contribution in [0, 0.1) is 0 Å². The zero-order chi connectivity index (χ0) is 33.0. The molecule has 0 saturated heterocycles. The third kappa shape index (κ3) is 8.21. The summed E-state index contributed by atoms with van der Waals surface area (Å²) in [6, 6.07) is 61.0. The molecule has 2 heteroatoms. The van der Waals surface area contributed by atoms with E-state index in [0.29, 0.717) is 0 Å². The van der Waals surface area contributed by atoms with Crippen LogP contribution in [-0.4, -0.2) is 13.1 Å². The summed E-state index contributed by atoms with van der Waals surface area (Å²) in [7, 11) is 0. The maximum absolute atomic E-state index is 2.46. The molecule has 0 spiro atoms. The molecule has 0 atom stereocenters. The van der Waals surface area contributed by atoms with Crippen molar-refractivity contribution >= 4 is 22.5 Å². The van der Waals surface area contributed by atoms with Crippen LogP contribution in [0.5, 0.6) is 0 Å². The zero-order valence-corrected chi connectivity index (χ0v) is 28.0. The highest BCUT2D eigenvalue weighted by Gasteiger charge is 2.12. The van der Waals surface area contributed by atoms with Crippen LogP contribution in [0.25, 0.3) is 11.1 Å². The van der Waals surface area contributed by atoms with E-state index >= 15 is 0 Å². The Hall–Kier alpha value is -5.60. The van der Waals surface area contributed by atoms with Gasteiger partial charge in [-0.05, 0) is 82.6 Å². The van der Waals surface area contributed by atoms with Gasteiger partial charge in [-0.1, -0.05) is 158 Å². The lowest BCUT2D eigenvalue weighted by molar-refractivity contribution is 0.800. The van der Waals surface area contributed by atoms with Crippen LogP contribution in [0.4, 0.5) is 11.4 Å². The smallest absolute Gasteiger partial charge is 0.0433 e. The number of hydrogen-bond acceptors (Lipinski definition) is 2. The van der Waals surface area contributed by atoms with Crippen molar-refractivity contribution in [3.63, 3.8) is 0 Å². The Morgan fingerprint density at radius 3 is 1.04 bits per heavy atom. The molecular weight excluding hydrogens is 581 g/mol. The number of nitrogens with zero attached hydrogens (tertiary/aromatic N) is 2. The first-order chi connectivity index (χ1) is 23.7. The predicted octanol–water partition coefficient (Wildman–Crippen LogP) is 11.3. The number of allylic oxidation sites excluding steroid dienone is 2. The van der Waals surface area contributed by atoms with Gasteiger partial charge in [0.1, 0.15) is 0 Å². The molecule has 0 saturated carbocycles. The van der Waals surface area contributed by atoms with Crippen molar-refractivity contribution in [2.45, 2.75) is 26.9 Å². The first-order valence-corrected chi connectivity index (χ1v) is 17.0. The van der Waals surface area contributed by atoms with Crippen LogP contribution in [0.1, 0.15) is 47.2 Å². The van der Waals surface area contributed by atoms with Crippen molar-refractivity contribution in [3.8, 4) is 0 Å². The molecular formula is C46H44N2. The molecule has 0 N–H and O–H groups in total. The number of benzene rings is 6. The molecule has 0 aliphatic rings. The molecule has 0 aromatic heterocycles. The minimum Gasteiger partial charge on any atom is -0.372 e. The van der Waals surface area contributed by atoms with Gasteiger partial charge in [0.2, 0.25) is 0 Å². The quantitative estimate of drug-likeness (QED) is 0.118. The molecule has 6 aromatic carbocycles. The Balaban J connectivity index is 1.41. The zero-order valence-electron chi connectivity index (χ0n) is 28.0. The van der Waals surface area contributed by atoms with Crippen LogP contribution in [-0.2, 0) is 13.1 Å². The van der Waals surface area contributed by atoms with Crippen molar-refractivity contribution in [1.29, 1.82) is 0 Å². The largest absolute Gasteiger partial charge is 0.372 e. The van der Waals surface area contributed by atoms with Crippen LogP contribution in [0.2, 0.25) is 0 Å². The van der Waals surface area contributed by atoms with Gasteiger partial charge in [0, 0.05) is 37.6 Å². The lowest BCUT2D eigenvalue weighted by Gasteiger charge is -2.26. The van der Waals surface area contributed by atoms with Crippen LogP contribution >= 0.6 is 0 Å². The Kier molecular flexibility index (Phi) is 11.0. The molecule has 2 nitrogen and oxygen atoms in total. The Morgan fingerprint density at radius 2 is 0.688 bits per heavy atom. The first kappa shape index (κ1) is 32.3. The summed E-state index contributed by atoms with van der Waals surface area (Å²) in [6.45, 7) is 8.08. The number of hydrogen-bond donors (Lipinski definition) is 0. The molecule has 0 heterocycles. The van der Waals surface area contributed by atoms with Gasteiger partial charge in [-0.25, -0.2) is 0 Å². The average molecular weight is 625 g/mol. The third-order valence-corrected chi connectivity index (χ3v) is 8.87. The van der Waals surface area contributed by atoms with Gasteiger partial charge >= 0.3 is 0 Å². The van der Waals surface area contributed by atoms with Gasteiger partial charge in [-0.3, -0.25) is 0 Å². The molecule has 6 rings (SSSR count). The van der Waals surface area contributed by atoms with Crippen molar-refractivity contribution in [3.05, 3.63) is 215 Å². The van der Waals surface area contributed by atoms with E-state index in [1.54, 1.807) is 0 Å². The molecule has 0 radical (unpaired) electrons. The topological polar surface area (TPSA) is 6.48 Å². The predicted molar refractivity (Wildman–Crippen MR) is 206 cm³/mol. The third-order valence-electron chi connectivity index (χ3n) is 8.87. The van der Waals surface area contributed by atoms with Gasteiger partial charge in [-0.2, -0.15) is 0 Å². The Morgan fingerprint density at radius 1 is 0.375 bits per heavy atom. The molecule has 48 heavy (non-hydrogen) atoms. The highest BCUT2D eigenvalue weighted by Crippen LogP contribution is 2.31. The lowest BCUT2D eigenvalue weighted by atomic mass is 9.93. The van der Waals surface area contributed by atoms with E-state index in [4.69, 9.17) is 0 Å². The second-order valence-corrected chi connectivity index (χ2v) is 12.0. The van der Waals surface area contributed by atoms with Gasteiger partial charge in [0.25, 0.3) is 0 Å². The summed E-state index contributed by atoms with van der Waals surface area (Å²) < 4.78 is 0. The molecule has 0 aliphatic heterocycles. The summed E-state index contributed by atoms with van der Waals surface area (Å²) in [5, 5.41) is 0. The molecule has 6 aromatic rings. The van der Waals surface area contributed by atoms with E-state index in [1.807, 2.05) is 0 Å². The van der Waals surface area contributed by atoms with E-state index < -0.39 is 0 Å². The van der Waals surface area contributed by atoms with E-state index in [9.17, 15) is 0 Å². The maximum Gasteiger partial charge on any atom is 0.0433 e. The number of anilines is 2. The van der Waals surface area contributed by atoms with E-state index in [2.05, 4.69) is 206 Å². The fraction of sp³-hybridized carbons (Fsp3) is 0.130.